The summed E-state index contributed by atoms with van der Waals surface area (Å²) in [5.41, 5.74) is 0. The fourth-order valence-corrected chi connectivity index (χ4v) is 1.09. The number of hydrogen-bond acceptors (Lipinski definition) is 2. The Morgan fingerprint density at radius 1 is 1.07 bits per heavy atom. The van der Waals surface area contributed by atoms with Crippen LogP contribution in [0.1, 0.15) is 20.8 Å². The Kier molecular flexibility index (Phi) is 4.47. The summed E-state index contributed by atoms with van der Waals surface area (Å²) in [5, 5.41) is 0. The topological polar surface area (TPSA) is 18.5 Å². The summed E-state index contributed by atoms with van der Waals surface area (Å²) in [7, 11) is 0. The number of rotatable bonds is 5. The lowest BCUT2D eigenvalue weighted by Crippen LogP contribution is -2.21. The molecule has 0 aliphatic carbocycles. The molecule has 1 atom stereocenters. The first kappa shape index (κ1) is 11.1. The quantitative estimate of drug-likeness (QED) is 0.717. The Labute approximate surface area is 85.8 Å². The van der Waals surface area contributed by atoms with Gasteiger partial charge in [0.15, 0.2) is 0 Å². The molecule has 0 aliphatic rings. The lowest BCUT2D eigenvalue weighted by atomic mass is 10.3. The summed E-state index contributed by atoms with van der Waals surface area (Å²) in [6.07, 6.45) is 0.358. The number of benzene rings is 1. The zero-order chi connectivity index (χ0) is 10.4. The van der Waals surface area contributed by atoms with Crippen molar-refractivity contribution < 1.29 is 9.47 Å². The molecule has 78 valence electrons. The third-order valence-electron chi connectivity index (χ3n) is 1.74. The van der Waals surface area contributed by atoms with Crippen molar-refractivity contribution in [3.8, 4) is 5.75 Å². The maximum Gasteiger partial charge on any atom is 0.119 e. The third-order valence-corrected chi connectivity index (χ3v) is 1.74. The fourth-order valence-electron chi connectivity index (χ4n) is 1.09. The molecular formula is C12H18O2. The Bertz CT molecular complexity index is 244. The predicted molar refractivity (Wildman–Crippen MR) is 57.6 cm³/mol. The maximum atomic E-state index is 5.64. The van der Waals surface area contributed by atoms with Crippen molar-refractivity contribution in [1.82, 2.24) is 0 Å². The minimum absolute atomic E-state index is 0.0970. The van der Waals surface area contributed by atoms with E-state index in [4.69, 9.17) is 9.47 Å². The van der Waals surface area contributed by atoms with Crippen molar-refractivity contribution in [3.05, 3.63) is 30.3 Å². The standard InChI is InChI=1S/C12H18O2/c1-10(2)13-9-11(3)14-12-7-5-4-6-8-12/h4-8,10-11H,9H2,1-3H3. The van der Waals surface area contributed by atoms with Crippen molar-refractivity contribution >= 4 is 0 Å². The fraction of sp³-hybridized carbons (Fsp3) is 0.500. The molecule has 0 bridgehead atoms. The second-order valence-corrected chi connectivity index (χ2v) is 3.62. The van der Waals surface area contributed by atoms with E-state index in [0.717, 1.165) is 5.75 Å². The molecule has 2 nitrogen and oxygen atoms in total. The van der Waals surface area contributed by atoms with E-state index in [2.05, 4.69) is 0 Å². The van der Waals surface area contributed by atoms with E-state index in [1.54, 1.807) is 0 Å². The summed E-state index contributed by atoms with van der Waals surface area (Å²) in [4.78, 5) is 0. The highest BCUT2D eigenvalue weighted by Crippen LogP contribution is 2.10. The highest BCUT2D eigenvalue weighted by atomic mass is 16.5. The first-order valence-corrected chi connectivity index (χ1v) is 5.02. The van der Waals surface area contributed by atoms with Crippen LogP contribution in [0.4, 0.5) is 0 Å². The van der Waals surface area contributed by atoms with E-state index in [-0.39, 0.29) is 12.2 Å². The lowest BCUT2D eigenvalue weighted by molar-refractivity contribution is 0.0230. The molecule has 0 aromatic heterocycles. The van der Waals surface area contributed by atoms with Gasteiger partial charge in [-0.2, -0.15) is 0 Å². The van der Waals surface area contributed by atoms with Crippen LogP contribution in [0.2, 0.25) is 0 Å². The Balaban J connectivity index is 2.30. The van der Waals surface area contributed by atoms with Crippen molar-refractivity contribution in [2.45, 2.75) is 33.0 Å². The number of para-hydroxylation sites is 1. The number of hydrogen-bond donors (Lipinski definition) is 0. The minimum Gasteiger partial charge on any atom is -0.488 e. The molecule has 0 saturated heterocycles. The molecule has 0 saturated carbocycles. The van der Waals surface area contributed by atoms with Gasteiger partial charge in [0.05, 0.1) is 12.7 Å². The zero-order valence-corrected chi connectivity index (χ0v) is 9.07. The summed E-state index contributed by atoms with van der Waals surface area (Å²) in [6.45, 7) is 6.69. The van der Waals surface area contributed by atoms with Gasteiger partial charge in [-0.1, -0.05) is 18.2 Å². The highest BCUT2D eigenvalue weighted by molar-refractivity contribution is 5.21. The van der Waals surface area contributed by atoms with Crippen molar-refractivity contribution in [3.63, 3.8) is 0 Å². The minimum atomic E-state index is 0.0970. The molecule has 1 aromatic carbocycles. The van der Waals surface area contributed by atoms with Gasteiger partial charge in [0.25, 0.3) is 0 Å². The Morgan fingerprint density at radius 2 is 1.71 bits per heavy atom. The molecule has 0 spiro atoms. The van der Waals surface area contributed by atoms with Crippen LogP contribution < -0.4 is 4.74 Å². The smallest absolute Gasteiger partial charge is 0.119 e. The van der Waals surface area contributed by atoms with Gasteiger partial charge in [0, 0.05) is 0 Å². The van der Waals surface area contributed by atoms with Crippen molar-refractivity contribution in [2.75, 3.05) is 6.61 Å². The van der Waals surface area contributed by atoms with Gasteiger partial charge in [-0.25, -0.2) is 0 Å². The van der Waals surface area contributed by atoms with Crippen LogP contribution in [-0.4, -0.2) is 18.8 Å². The second-order valence-electron chi connectivity index (χ2n) is 3.62. The van der Waals surface area contributed by atoms with Gasteiger partial charge in [-0.05, 0) is 32.9 Å². The van der Waals surface area contributed by atoms with E-state index in [1.165, 1.54) is 0 Å². The van der Waals surface area contributed by atoms with Crippen LogP contribution in [0.15, 0.2) is 30.3 Å². The molecule has 2 heteroatoms. The maximum absolute atomic E-state index is 5.64. The van der Waals surface area contributed by atoms with Gasteiger partial charge in [-0.3, -0.25) is 0 Å². The van der Waals surface area contributed by atoms with Crippen LogP contribution in [0.25, 0.3) is 0 Å². The highest BCUT2D eigenvalue weighted by Gasteiger charge is 2.04. The van der Waals surface area contributed by atoms with Crippen molar-refractivity contribution in [1.29, 1.82) is 0 Å². The van der Waals surface area contributed by atoms with E-state index < -0.39 is 0 Å². The van der Waals surface area contributed by atoms with E-state index in [0.29, 0.717) is 6.61 Å². The third kappa shape index (κ3) is 4.28. The van der Waals surface area contributed by atoms with Gasteiger partial charge in [0.1, 0.15) is 11.9 Å². The average Bonchev–Trinajstić information content (AvgIpc) is 2.16. The molecule has 0 N–H and O–H groups in total. The molecule has 1 unspecified atom stereocenters. The van der Waals surface area contributed by atoms with E-state index >= 15 is 0 Å². The van der Waals surface area contributed by atoms with Crippen LogP contribution >= 0.6 is 0 Å². The van der Waals surface area contributed by atoms with Crippen LogP contribution in [0.3, 0.4) is 0 Å². The van der Waals surface area contributed by atoms with Crippen LogP contribution in [0, 0.1) is 0 Å². The molecule has 0 heterocycles. The van der Waals surface area contributed by atoms with Crippen LogP contribution in [0.5, 0.6) is 5.75 Å². The summed E-state index contributed by atoms with van der Waals surface area (Å²) in [5.74, 6) is 0.896. The second kappa shape index (κ2) is 5.66. The lowest BCUT2D eigenvalue weighted by Gasteiger charge is -2.16. The molecule has 0 radical (unpaired) electrons. The first-order chi connectivity index (χ1) is 6.68. The van der Waals surface area contributed by atoms with Crippen molar-refractivity contribution in [2.24, 2.45) is 0 Å². The molecule has 0 fully saturated rings. The SMILES string of the molecule is CC(C)OCC(C)Oc1ccccc1. The molecule has 0 amide bonds. The number of ether oxygens (including phenoxy) is 2. The average molecular weight is 194 g/mol. The monoisotopic (exact) mass is 194 g/mol. The Morgan fingerprint density at radius 3 is 2.29 bits per heavy atom. The zero-order valence-electron chi connectivity index (χ0n) is 9.07. The predicted octanol–water partition coefficient (Wildman–Crippen LogP) is 2.88. The molecular weight excluding hydrogens is 176 g/mol. The van der Waals surface area contributed by atoms with Gasteiger partial charge in [0.2, 0.25) is 0 Å². The molecule has 14 heavy (non-hydrogen) atoms. The summed E-state index contributed by atoms with van der Waals surface area (Å²) < 4.78 is 11.1. The summed E-state index contributed by atoms with van der Waals surface area (Å²) in [6, 6.07) is 9.80. The van der Waals surface area contributed by atoms with Gasteiger partial charge in [-0.15, -0.1) is 0 Å². The summed E-state index contributed by atoms with van der Waals surface area (Å²) >= 11 is 0. The molecule has 1 rings (SSSR count). The Hall–Kier alpha value is -1.02. The van der Waals surface area contributed by atoms with E-state index in [1.807, 2.05) is 51.1 Å². The van der Waals surface area contributed by atoms with E-state index in [9.17, 15) is 0 Å². The molecule has 0 aliphatic heterocycles. The molecule has 1 aromatic rings. The van der Waals surface area contributed by atoms with Gasteiger partial charge >= 0.3 is 0 Å². The largest absolute Gasteiger partial charge is 0.488 e. The van der Waals surface area contributed by atoms with Gasteiger partial charge < -0.3 is 9.47 Å². The van der Waals surface area contributed by atoms with Crippen LogP contribution in [-0.2, 0) is 4.74 Å². The normalized spacial score (nSPS) is 12.9. The first-order valence-electron chi connectivity index (χ1n) is 5.02.